The van der Waals surface area contributed by atoms with Gasteiger partial charge in [-0.3, -0.25) is 14.4 Å². The van der Waals surface area contributed by atoms with Crippen LogP contribution in [0.2, 0.25) is 0 Å². The summed E-state index contributed by atoms with van der Waals surface area (Å²) in [6.07, 6.45) is -2.29. The van der Waals surface area contributed by atoms with Crippen molar-refractivity contribution in [2.45, 2.75) is 18.4 Å². The fourth-order valence-electron chi connectivity index (χ4n) is 0.714. The van der Waals surface area contributed by atoms with Gasteiger partial charge in [-0.15, -0.1) is 0 Å². The Hall–Kier alpha value is -1.64. The van der Waals surface area contributed by atoms with Gasteiger partial charge in [-0.25, -0.2) is 4.79 Å². The van der Waals surface area contributed by atoms with E-state index in [1.54, 1.807) is 0 Å². The van der Waals surface area contributed by atoms with E-state index in [1.165, 1.54) is 0 Å². The maximum atomic E-state index is 10.3. The summed E-state index contributed by atoms with van der Waals surface area (Å²) in [6, 6.07) is 0. The Labute approximate surface area is 105 Å². The average molecular weight is 294 g/mol. The number of hydrogen-bond acceptors (Lipinski definition) is 5. The minimum atomic E-state index is -2.74. The SMILES string of the molecule is O=C(O)CC(O)(CC(=O)O)C(=O)O.O=CO.[Fe]. The van der Waals surface area contributed by atoms with Crippen LogP contribution in [0.4, 0.5) is 0 Å². The zero-order chi connectivity index (χ0) is 13.4. The van der Waals surface area contributed by atoms with Crippen LogP contribution >= 0.6 is 0 Å². The van der Waals surface area contributed by atoms with Crippen LogP contribution in [0.3, 0.4) is 0 Å². The molecule has 0 radical (unpaired) electrons. The second-order valence-electron chi connectivity index (χ2n) is 2.58. The molecule has 17 heavy (non-hydrogen) atoms. The van der Waals surface area contributed by atoms with Gasteiger partial charge in [0.15, 0.2) is 5.60 Å². The number of rotatable bonds is 5. The summed E-state index contributed by atoms with van der Waals surface area (Å²) in [6.45, 7) is -0.250. The van der Waals surface area contributed by atoms with Crippen molar-refractivity contribution < 1.29 is 61.8 Å². The Morgan fingerprint density at radius 1 is 1.00 bits per heavy atom. The first-order chi connectivity index (χ1) is 7.19. The molecule has 0 atom stereocenters. The van der Waals surface area contributed by atoms with Crippen LogP contribution in [0.5, 0.6) is 0 Å². The quantitative estimate of drug-likeness (QED) is 0.297. The third kappa shape index (κ3) is 10.6. The number of aliphatic carboxylic acids is 3. The molecule has 0 saturated carbocycles. The normalized spacial score (nSPS) is 9.00. The zero-order valence-corrected chi connectivity index (χ0v) is 9.32. The molecule has 0 aromatic carbocycles. The van der Waals surface area contributed by atoms with Crippen LogP contribution in [-0.4, -0.2) is 55.5 Å². The Morgan fingerprint density at radius 2 is 1.24 bits per heavy atom. The molecule has 0 spiro atoms. The van der Waals surface area contributed by atoms with Crippen LogP contribution in [0.25, 0.3) is 0 Å². The van der Waals surface area contributed by atoms with Gasteiger partial charge >= 0.3 is 17.9 Å². The number of carboxylic acid groups (broad SMARTS) is 4. The van der Waals surface area contributed by atoms with Crippen molar-refractivity contribution in [1.82, 2.24) is 0 Å². The Kier molecular flexibility index (Phi) is 11.7. The summed E-state index contributed by atoms with van der Waals surface area (Å²) < 4.78 is 0. The van der Waals surface area contributed by atoms with Crippen LogP contribution in [-0.2, 0) is 36.2 Å². The number of carbonyl (C=O) groups is 4. The van der Waals surface area contributed by atoms with Gasteiger partial charge in [0.25, 0.3) is 6.47 Å². The van der Waals surface area contributed by atoms with Gasteiger partial charge in [0, 0.05) is 17.1 Å². The summed E-state index contributed by atoms with van der Waals surface area (Å²) >= 11 is 0. The van der Waals surface area contributed by atoms with Crippen LogP contribution < -0.4 is 0 Å². The molecule has 9 nitrogen and oxygen atoms in total. The molecule has 0 heterocycles. The summed E-state index contributed by atoms with van der Waals surface area (Å²) in [5, 5.41) is 40.7. The second kappa shape index (κ2) is 9.58. The topological polar surface area (TPSA) is 169 Å². The predicted octanol–water partition coefficient (Wildman–Crippen LogP) is -1.55. The van der Waals surface area contributed by atoms with E-state index >= 15 is 0 Å². The van der Waals surface area contributed by atoms with Crippen molar-refractivity contribution in [3.8, 4) is 0 Å². The third-order valence-electron chi connectivity index (χ3n) is 1.29. The Morgan fingerprint density at radius 3 is 1.35 bits per heavy atom. The van der Waals surface area contributed by atoms with E-state index in [0.717, 1.165) is 0 Å². The molecule has 0 aliphatic rings. The smallest absolute Gasteiger partial charge is 0.336 e. The molecule has 0 aliphatic carbocycles. The Bertz CT molecular complexity index is 271. The summed E-state index contributed by atoms with van der Waals surface area (Å²) in [7, 11) is 0. The number of aliphatic hydroxyl groups is 1. The monoisotopic (exact) mass is 294 g/mol. The van der Waals surface area contributed by atoms with Gasteiger partial charge in [0.1, 0.15) is 0 Å². The molecule has 5 N–H and O–H groups in total. The second-order valence-corrected chi connectivity index (χ2v) is 2.58. The number of hydrogen-bond donors (Lipinski definition) is 5. The molecule has 0 unspecified atom stereocenters. The molecule has 0 aliphatic heterocycles. The summed E-state index contributed by atoms with van der Waals surface area (Å²) in [4.78, 5) is 38.8. The van der Waals surface area contributed by atoms with E-state index < -0.39 is 36.4 Å². The van der Waals surface area contributed by atoms with E-state index in [1.807, 2.05) is 0 Å². The molecular weight excluding hydrogens is 284 g/mol. The third-order valence-corrected chi connectivity index (χ3v) is 1.29. The van der Waals surface area contributed by atoms with Crippen molar-refractivity contribution in [3.05, 3.63) is 0 Å². The molecule has 0 bridgehead atoms. The largest absolute Gasteiger partial charge is 0.483 e. The van der Waals surface area contributed by atoms with Gasteiger partial charge in [0.2, 0.25) is 0 Å². The van der Waals surface area contributed by atoms with Gasteiger partial charge < -0.3 is 25.5 Å². The predicted molar refractivity (Wildman–Crippen MR) is 45.8 cm³/mol. The first-order valence-electron chi connectivity index (χ1n) is 3.66. The molecule has 0 aromatic heterocycles. The zero-order valence-electron chi connectivity index (χ0n) is 8.21. The van der Waals surface area contributed by atoms with E-state index in [2.05, 4.69) is 0 Å². The molecule has 0 fully saturated rings. The van der Waals surface area contributed by atoms with E-state index in [0.29, 0.717) is 0 Å². The molecule has 0 aromatic rings. The van der Waals surface area contributed by atoms with Crippen LogP contribution in [0.15, 0.2) is 0 Å². The van der Waals surface area contributed by atoms with Gasteiger partial charge in [-0.2, -0.15) is 0 Å². The maximum Gasteiger partial charge on any atom is 0.336 e. The Balaban J connectivity index is -0.000000440. The van der Waals surface area contributed by atoms with Crippen molar-refractivity contribution in [1.29, 1.82) is 0 Å². The molecule has 100 valence electrons. The molecule has 0 amide bonds. The van der Waals surface area contributed by atoms with E-state index in [4.69, 9.17) is 30.3 Å². The van der Waals surface area contributed by atoms with Gasteiger partial charge in [-0.05, 0) is 0 Å². The molecule has 10 heteroatoms. The fraction of sp³-hybridized carbons (Fsp3) is 0.429. The van der Waals surface area contributed by atoms with E-state index in [-0.39, 0.29) is 23.5 Å². The van der Waals surface area contributed by atoms with Gasteiger partial charge in [0.05, 0.1) is 12.8 Å². The minimum absolute atomic E-state index is 0. The minimum Gasteiger partial charge on any atom is -0.483 e. The average Bonchev–Trinajstić information content (AvgIpc) is 2.01. The van der Waals surface area contributed by atoms with Crippen molar-refractivity contribution in [3.63, 3.8) is 0 Å². The standard InChI is InChI=1S/C6H8O7.CH2O2.Fe/c7-3(8)1-6(13,5(11)12)2-4(9)10;2-1-3;/h13H,1-2H2,(H,7,8)(H,9,10)(H,11,12);1H,(H,2,3);. The first-order valence-corrected chi connectivity index (χ1v) is 3.66. The summed E-state index contributed by atoms with van der Waals surface area (Å²) in [5.41, 5.74) is -2.74. The van der Waals surface area contributed by atoms with Crippen molar-refractivity contribution in [2.75, 3.05) is 0 Å². The van der Waals surface area contributed by atoms with Crippen molar-refractivity contribution in [2.24, 2.45) is 0 Å². The van der Waals surface area contributed by atoms with E-state index in [9.17, 15) is 14.4 Å². The maximum absolute atomic E-state index is 10.3. The van der Waals surface area contributed by atoms with Crippen LogP contribution in [0, 0.1) is 0 Å². The number of carboxylic acids is 3. The van der Waals surface area contributed by atoms with Crippen LogP contribution in [0.1, 0.15) is 12.8 Å². The molecule has 0 rings (SSSR count). The van der Waals surface area contributed by atoms with Crippen molar-refractivity contribution >= 4 is 24.4 Å². The van der Waals surface area contributed by atoms with Gasteiger partial charge in [-0.1, -0.05) is 0 Å². The first kappa shape index (κ1) is 20.7. The fourth-order valence-corrected chi connectivity index (χ4v) is 0.714. The molecular formula is C7H10FeO9. The molecule has 0 saturated heterocycles. The summed E-state index contributed by atoms with van der Waals surface area (Å²) in [5.74, 6) is -5.02.